The van der Waals surface area contributed by atoms with Gasteiger partial charge in [0, 0.05) is 23.7 Å². The Hall–Kier alpha value is -1.64. The topological polar surface area (TPSA) is 32.7 Å². The number of rotatable bonds is 3. The largest absolute Gasteiger partial charge is 0.328 e. The van der Waals surface area contributed by atoms with Crippen LogP contribution in [0.5, 0.6) is 0 Å². The molecule has 17 heavy (non-hydrogen) atoms. The van der Waals surface area contributed by atoms with E-state index in [0.717, 1.165) is 30.2 Å². The molecule has 1 aromatic rings. The van der Waals surface area contributed by atoms with Gasteiger partial charge in [0.25, 0.3) is 0 Å². The van der Waals surface area contributed by atoms with E-state index in [1.165, 1.54) is 0 Å². The highest BCUT2D eigenvalue weighted by Gasteiger charge is 2.20. The molecule has 0 atom stereocenters. The van der Waals surface area contributed by atoms with Gasteiger partial charge in [-0.15, -0.1) is 0 Å². The van der Waals surface area contributed by atoms with E-state index in [1.807, 2.05) is 24.3 Å². The standard InChI is InChI=1S/C14H18N2O/c1-10(2)14-15-8-9-16(14)13-6-4-12(5-7-13)11(3)17/h4-7,10H,8-9H2,1-3H3. The normalized spacial score (nSPS) is 15.3. The van der Waals surface area contributed by atoms with Crippen molar-refractivity contribution in [2.45, 2.75) is 20.8 Å². The molecule has 0 bridgehead atoms. The highest BCUT2D eigenvalue weighted by Crippen LogP contribution is 2.21. The number of hydrogen-bond donors (Lipinski definition) is 0. The van der Waals surface area contributed by atoms with Crippen molar-refractivity contribution in [1.29, 1.82) is 0 Å². The lowest BCUT2D eigenvalue weighted by molar-refractivity contribution is 0.101. The third kappa shape index (κ3) is 2.38. The molecule has 0 saturated carbocycles. The minimum Gasteiger partial charge on any atom is -0.328 e. The summed E-state index contributed by atoms with van der Waals surface area (Å²) in [7, 11) is 0. The molecule has 3 nitrogen and oxygen atoms in total. The van der Waals surface area contributed by atoms with Crippen LogP contribution in [0.15, 0.2) is 29.3 Å². The van der Waals surface area contributed by atoms with Gasteiger partial charge in [0.1, 0.15) is 5.84 Å². The smallest absolute Gasteiger partial charge is 0.159 e. The van der Waals surface area contributed by atoms with E-state index in [9.17, 15) is 4.79 Å². The van der Waals surface area contributed by atoms with Crippen molar-refractivity contribution < 1.29 is 4.79 Å². The Morgan fingerprint density at radius 3 is 2.47 bits per heavy atom. The Bertz CT molecular complexity index is 446. The fourth-order valence-electron chi connectivity index (χ4n) is 2.10. The second-order valence-electron chi connectivity index (χ2n) is 4.65. The Balaban J connectivity index is 2.23. The van der Waals surface area contributed by atoms with Crippen LogP contribution in [0, 0.1) is 5.92 Å². The SMILES string of the molecule is CC(=O)c1ccc(N2CCN=C2C(C)C)cc1. The molecule has 1 aliphatic heterocycles. The zero-order chi connectivity index (χ0) is 12.4. The van der Waals surface area contributed by atoms with Gasteiger partial charge in [0.05, 0.1) is 6.54 Å². The highest BCUT2D eigenvalue weighted by molar-refractivity contribution is 6.01. The van der Waals surface area contributed by atoms with Crippen LogP contribution < -0.4 is 4.90 Å². The molecule has 0 amide bonds. The van der Waals surface area contributed by atoms with E-state index in [4.69, 9.17) is 0 Å². The van der Waals surface area contributed by atoms with Gasteiger partial charge in [0.15, 0.2) is 5.78 Å². The number of carbonyl (C=O) groups is 1. The number of carbonyl (C=O) groups excluding carboxylic acids is 1. The summed E-state index contributed by atoms with van der Waals surface area (Å²) in [4.78, 5) is 18.0. The summed E-state index contributed by atoms with van der Waals surface area (Å²) in [6, 6.07) is 7.77. The summed E-state index contributed by atoms with van der Waals surface area (Å²) >= 11 is 0. The number of benzene rings is 1. The lowest BCUT2D eigenvalue weighted by atomic mass is 10.1. The zero-order valence-corrected chi connectivity index (χ0v) is 10.6. The summed E-state index contributed by atoms with van der Waals surface area (Å²) in [5, 5.41) is 0. The molecule has 3 heteroatoms. The monoisotopic (exact) mass is 230 g/mol. The van der Waals surface area contributed by atoms with Crippen LogP contribution in [0.3, 0.4) is 0 Å². The van der Waals surface area contributed by atoms with Gasteiger partial charge in [0.2, 0.25) is 0 Å². The molecule has 90 valence electrons. The molecule has 0 saturated heterocycles. The minimum absolute atomic E-state index is 0.107. The minimum atomic E-state index is 0.107. The van der Waals surface area contributed by atoms with Crippen molar-refractivity contribution >= 4 is 17.3 Å². The van der Waals surface area contributed by atoms with Gasteiger partial charge in [-0.1, -0.05) is 13.8 Å². The molecule has 1 heterocycles. The van der Waals surface area contributed by atoms with Gasteiger partial charge in [-0.25, -0.2) is 0 Å². The molecule has 1 aromatic carbocycles. The molecule has 0 radical (unpaired) electrons. The second-order valence-corrected chi connectivity index (χ2v) is 4.65. The lowest BCUT2D eigenvalue weighted by Crippen LogP contribution is -2.30. The molecular formula is C14H18N2O. The average molecular weight is 230 g/mol. The fourth-order valence-corrected chi connectivity index (χ4v) is 2.10. The molecule has 0 spiro atoms. The maximum atomic E-state index is 11.2. The van der Waals surface area contributed by atoms with E-state index >= 15 is 0 Å². The number of nitrogens with zero attached hydrogens (tertiary/aromatic N) is 2. The average Bonchev–Trinajstić information content (AvgIpc) is 2.78. The summed E-state index contributed by atoms with van der Waals surface area (Å²) in [6.07, 6.45) is 0. The first-order valence-corrected chi connectivity index (χ1v) is 6.02. The third-order valence-corrected chi connectivity index (χ3v) is 2.98. The van der Waals surface area contributed by atoms with Crippen molar-refractivity contribution in [1.82, 2.24) is 0 Å². The van der Waals surface area contributed by atoms with Gasteiger partial charge < -0.3 is 4.90 Å². The predicted octanol–water partition coefficient (Wildman–Crippen LogP) is 2.76. The first-order chi connectivity index (χ1) is 8.09. The van der Waals surface area contributed by atoms with Crippen LogP contribution in [0.2, 0.25) is 0 Å². The fraction of sp³-hybridized carbons (Fsp3) is 0.429. The van der Waals surface area contributed by atoms with E-state index in [1.54, 1.807) is 6.92 Å². The van der Waals surface area contributed by atoms with Crippen molar-refractivity contribution in [3.8, 4) is 0 Å². The molecule has 2 rings (SSSR count). The number of anilines is 1. The van der Waals surface area contributed by atoms with Crippen molar-refractivity contribution in [3.05, 3.63) is 29.8 Å². The molecule has 1 aliphatic rings. The first kappa shape index (κ1) is 11.8. The van der Waals surface area contributed by atoms with Crippen LogP contribution >= 0.6 is 0 Å². The number of amidine groups is 1. The third-order valence-electron chi connectivity index (χ3n) is 2.98. The molecule has 0 fully saturated rings. The number of hydrogen-bond acceptors (Lipinski definition) is 3. The Labute approximate surface area is 102 Å². The number of aliphatic imine (C=N–C) groups is 1. The predicted molar refractivity (Wildman–Crippen MR) is 70.9 cm³/mol. The van der Waals surface area contributed by atoms with Crippen LogP contribution in [0.1, 0.15) is 31.1 Å². The highest BCUT2D eigenvalue weighted by atomic mass is 16.1. The second kappa shape index (κ2) is 4.70. The summed E-state index contributed by atoms with van der Waals surface area (Å²) in [5.41, 5.74) is 1.89. The van der Waals surface area contributed by atoms with Gasteiger partial charge in [-0.2, -0.15) is 0 Å². The Morgan fingerprint density at radius 1 is 1.29 bits per heavy atom. The van der Waals surface area contributed by atoms with Crippen LogP contribution in [0.4, 0.5) is 5.69 Å². The quantitative estimate of drug-likeness (QED) is 0.748. The van der Waals surface area contributed by atoms with Gasteiger partial charge in [-0.05, 0) is 31.2 Å². The summed E-state index contributed by atoms with van der Waals surface area (Å²) in [5.74, 6) is 1.68. The van der Waals surface area contributed by atoms with E-state index in [2.05, 4.69) is 23.7 Å². The van der Waals surface area contributed by atoms with E-state index in [0.29, 0.717) is 5.92 Å². The van der Waals surface area contributed by atoms with Crippen molar-refractivity contribution in [3.63, 3.8) is 0 Å². The number of ketones is 1. The maximum absolute atomic E-state index is 11.2. The molecule has 0 N–H and O–H groups in total. The van der Waals surface area contributed by atoms with Gasteiger partial charge >= 0.3 is 0 Å². The molecule has 0 aromatic heterocycles. The van der Waals surface area contributed by atoms with Crippen molar-refractivity contribution in [2.24, 2.45) is 10.9 Å². The van der Waals surface area contributed by atoms with Crippen LogP contribution in [-0.2, 0) is 0 Å². The maximum Gasteiger partial charge on any atom is 0.159 e. The molecule has 0 unspecified atom stereocenters. The van der Waals surface area contributed by atoms with Crippen LogP contribution in [0.25, 0.3) is 0 Å². The summed E-state index contributed by atoms with van der Waals surface area (Å²) < 4.78 is 0. The van der Waals surface area contributed by atoms with Crippen molar-refractivity contribution in [2.75, 3.05) is 18.0 Å². The first-order valence-electron chi connectivity index (χ1n) is 6.02. The summed E-state index contributed by atoms with van der Waals surface area (Å²) in [6.45, 7) is 7.70. The Morgan fingerprint density at radius 2 is 1.94 bits per heavy atom. The van der Waals surface area contributed by atoms with E-state index < -0.39 is 0 Å². The number of Topliss-reactive ketones (excluding diaryl/α,β-unsaturated/α-hetero) is 1. The van der Waals surface area contributed by atoms with Crippen LogP contribution in [-0.4, -0.2) is 24.7 Å². The van der Waals surface area contributed by atoms with Gasteiger partial charge in [-0.3, -0.25) is 9.79 Å². The molecule has 0 aliphatic carbocycles. The zero-order valence-electron chi connectivity index (χ0n) is 10.6. The van der Waals surface area contributed by atoms with E-state index in [-0.39, 0.29) is 5.78 Å². The molecular weight excluding hydrogens is 212 g/mol. The lowest BCUT2D eigenvalue weighted by Gasteiger charge is -2.22. The Kier molecular flexibility index (Phi) is 3.27.